The highest BCUT2D eigenvalue weighted by molar-refractivity contribution is 5.70. The third kappa shape index (κ3) is 2.30. The van der Waals surface area contributed by atoms with Gasteiger partial charge in [0.05, 0.1) is 12.6 Å². The second kappa shape index (κ2) is 4.21. The maximum absolute atomic E-state index is 10.0. The lowest BCUT2D eigenvalue weighted by Gasteiger charge is -2.19. The summed E-state index contributed by atoms with van der Waals surface area (Å²) >= 11 is 0. The van der Waals surface area contributed by atoms with Gasteiger partial charge in [-0.2, -0.15) is 0 Å². The molecule has 0 aliphatic carbocycles. The zero-order valence-corrected chi connectivity index (χ0v) is 5.48. The van der Waals surface area contributed by atoms with Crippen molar-refractivity contribution in [2.45, 2.75) is 12.2 Å². The minimum Gasteiger partial charge on any atom is -0.547 e. The van der Waals surface area contributed by atoms with Crippen molar-refractivity contribution in [1.29, 1.82) is 0 Å². The first-order chi connectivity index (χ1) is 4.63. The summed E-state index contributed by atoms with van der Waals surface area (Å²) in [7, 11) is 1.11. The Kier molecular flexibility index (Phi) is 3.94. The Morgan fingerprint density at radius 2 is 2.30 bits per heavy atom. The normalized spacial score (nSPS) is 16.3. The van der Waals surface area contributed by atoms with E-state index in [0.29, 0.717) is 0 Å². The van der Waals surface area contributed by atoms with Crippen LogP contribution in [0.1, 0.15) is 0 Å². The van der Waals surface area contributed by atoms with Gasteiger partial charge in [0, 0.05) is 7.11 Å². The Balaban J connectivity index is 3.92. The number of aliphatic hydroxyl groups excluding tert-OH is 2. The molecule has 0 bridgehead atoms. The first-order valence-corrected chi connectivity index (χ1v) is 2.66. The van der Waals surface area contributed by atoms with E-state index in [4.69, 9.17) is 10.2 Å². The number of carboxylic acids is 1. The van der Waals surface area contributed by atoms with E-state index < -0.39 is 24.8 Å². The minimum absolute atomic E-state index is 0.660. The molecule has 0 saturated heterocycles. The summed E-state index contributed by atoms with van der Waals surface area (Å²) in [5.41, 5.74) is 0. The number of carboxylic acid groups (broad SMARTS) is 1. The largest absolute Gasteiger partial charge is 0.547 e. The van der Waals surface area contributed by atoms with Gasteiger partial charge in [-0.15, -0.1) is 0 Å². The fourth-order valence-electron chi connectivity index (χ4n) is 0.506. The van der Waals surface area contributed by atoms with Crippen LogP contribution in [-0.4, -0.2) is 42.1 Å². The standard InChI is InChI=1S/C5H10O5/c1-10-4(5(8)9)3(7)2-6/h3-4,6-7H,2H2,1H3,(H,8,9)/p-1. The Labute approximate surface area is 57.9 Å². The molecule has 0 radical (unpaired) electrons. The van der Waals surface area contributed by atoms with Crippen LogP contribution in [0, 0.1) is 0 Å². The smallest absolute Gasteiger partial charge is 0.124 e. The summed E-state index contributed by atoms with van der Waals surface area (Å²) in [6.45, 7) is -0.660. The van der Waals surface area contributed by atoms with Crippen molar-refractivity contribution < 1.29 is 24.9 Å². The van der Waals surface area contributed by atoms with E-state index in [-0.39, 0.29) is 0 Å². The molecule has 2 N–H and O–H groups in total. The fourth-order valence-corrected chi connectivity index (χ4v) is 0.506. The zero-order valence-electron chi connectivity index (χ0n) is 5.48. The van der Waals surface area contributed by atoms with Crippen LogP contribution in [0.5, 0.6) is 0 Å². The summed E-state index contributed by atoms with van der Waals surface area (Å²) < 4.78 is 4.29. The van der Waals surface area contributed by atoms with Gasteiger partial charge >= 0.3 is 0 Å². The lowest BCUT2D eigenvalue weighted by molar-refractivity contribution is -0.319. The number of ether oxygens (including phenoxy) is 1. The van der Waals surface area contributed by atoms with E-state index in [1.165, 1.54) is 0 Å². The molecule has 0 rings (SSSR count). The average Bonchev–Trinajstić information content (AvgIpc) is 1.88. The van der Waals surface area contributed by atoms with Gasteiger partial charge in [-0.05, 0) is 0 Å². The Hall–Kier alpha value is -0.650. The van der Waals surface area contributed by atoms with E-state index in [9.17, 15) is 9.90 Å². The lowest BCUT2D eigenvalue weighted by atomic mass is 10.2. The van der Waals surface area contributed by atoms with E-state index in [1.807, 2.05) is 0 Å². The second-order valence-corrected chi connectivity index (χ2v) is 1.73. The number of aliphatic hydroxyl groups is 2. The number of methoxy groups -OCH3 is 1. The Morgan fingerprint density at radius 1 is 1.80 bits per heavy atom. The molecule has 0 spiro atoms. The molecule has 5 heteroatoms. The van der Waals surface area contributed by atoms with Gasteiger partial charge in [-0.25, -0.2) is 0 Å². The van der Waals surface area contributed by atoms with Crippen LogP contribution in [0.3, 0.4) is 0 Å². The number of hydrogen-bond acceptors (Lipinski definition) is 5. The van der Waals surface area contributed by atoms with E-state index in [1.54, 1.807) is 0 Å². The Bertz CT molecular complexity index is 113. The van der Waals surface area contributed by atoms with Gasteiger partial charge in [-0.1, -0.05) is 0 Å². The predicted molar refractivity (Wildman–Crippen MR) is 28.9 cm³/mol. The van der Waals surface area contributed by atoms with Crippen molar-refractivity contribution in [1.82, 2.24) is 0 Å². The third-order valence-corrected chi connectivity index (χ3v) is 1.02. The molecule has 0 aromatic carbocycles. The topological polar surface area (TPSA) is 89.8 Å². The van der Waals surface area contributed by atoms with Gasteiger partial charge in [0.2, 0.25) is 0 Å². The van der Waals surface area contributed by atoms with E-state index >= 15 is 0 Å². The highest BCUT2D eigenvalue weighted by Crippen LogP contribution is 1.95. The molecule has 0 heterocycles. The van der Waals surface area contributed by atoms with Crippen LogP contribution >= 0.6 is 0 Å². The average molecular weight is 149 g/mol. The first-order valence-electron chi connectivity index (χ1n) is 2.66. The summed E-state index contributed by atoms with van der Waals surface area (Å²) in [5, 5.41) is 27.0. The highest BCUT2D eigenvalue weighted by Gasteiger charge is 2.18. The highest BCUT2D eigenvalue weighted by atomic mass is 16.5. The van der Waals surface area contributed by atoms with Crippen molar-refractivity contribution in [2.75, 3.05) is 13.7 Å². The van der Waals surface area contributed by atoms with Crippen LogP contribution in [0.4, 0.5) is 0 Å². The zero-order chi connectivity index (χ0) is 8.15. The molecule has 0 aromatic heterocycles. The van der Waals surface area contributed by atoms with Crippen molar-refractivity contribution in [2.24, 2.45) is 0 Å². The monoisotopic (exact) mass is 149 g/mol. The molecule has 0 saturated carbocycles. The molecule has 5 nitrogen and oxygen atoms in total. The van der Waals surface area contributed by atoms with Gasteiger partial charge in [0.25, 0.3) is 0 Å². The molecular weight excluding hydrogens is 140 g/mol. The number of hydrogen-bond donors (Lipinski definition) is 2. The second-order valence-electron chi connectivity index (χ2n) is 1.73. The minimum atomic E-state index is -1.54. The first kappa shape index (κ1) is 9.35. The SMILES string of the molecule is COC(C(=O)[O-])C(O)CO. The van der Waals surface area contributed by atoms with Crippen molar-refractivity contribution in [3.05, 3.63) is 0 Å². The molecule has 60 valence electrons. The molecular formula is C5H9O5-. The number of carbonyl (C=O) groups is 1. The van der Waals surface area contributed by atoms with Gasteiger partial charge < -0.3 is 24.9 Å². The molecule has 0 aromatic rings. The summed E-state index contributed by atoms with van der Waals surface area (Å²) in [4.78, 5) is 10.0. The van der Waals surface area contributed by atoms with Gasteiger partial charge in [0.1, 0.15) is 12.2 Å². The van der Waals surface area contributed by atoms with Crippen molar-refractivity contribution in [3.8, 4) is 0 Å². The maximum atomic E-state index is 10.0. The third-order valence-electron chi connectivity index (χ3n) is 1.02. The van der Waals surface area contributed by atoms with Crippen molar-refractivity contribution >= 4 is 5.97 Å². The molecule has 2 atom stereocenters. The Morgan fingerprint density at radius 3 is 2.40 bits per heavy atom. The van der Waals surface area contributed by atoms with E-state index in [0.717, 1.165) is 7.11 Å². The molecule has 10 heavy (non-hydrogen) atoms. The number of aliphatic carboxylic acids is 1. The maximum Gasteiger partial charge on any atom is 0.124 e. The molecule has 0 aliphatic heterocycles. The van der Waals surface area contributed by atoms with Crippen LogP contribution in [0.2, 0.25) is 0 Å². The fraction of sp³-hybridized carbons (Fsp3) is 0.800. The van der Waals surface area contributed by atoms with Gasteiger partial charge in [0.15, 0.2) is 0 Å². The van der Waals surface area contributed by atoms with Crippen LogP contribution < -0.4 is 5.11 Å². The molecule has 0 amide bonds. The summed E-state index contributed by atoms with van der Waals surface area (Å²) in [6, 6.07) is 0. The number of rotatable bonds is 4. The lowest BCUT2D eigenvalue weighted by Crippen LogP contribution is -2.46. The van der Waals surface area contributed by atoms with Crippen LogP contribution in [0.15, 0.2) is 0 Å². The van der Waals surface area contributed by atoms with Crippen LogP contribution in [0.25, 0.3) is 0 Å². The van der Waals surface area contributed by atoms with Crippen LogP contribution in [-0.2, 0) is 9.53 Å². The number of carbonyl (C=O) groups excluding carboxylic acids is 1. The predicted octanol–water partition coefficient (Wildman–Crippen LogP) is -2.90. The van der Waals surface area contributed by atoms with Gasteiger partial charge in [-0.3, -0.25) is 0 Å². The quantitative estimate of drug-likeness (QED) is 0.447. The molecule has 0 aliphatic rings. The molecule has 0 fully saturated rings. The van der Waals surface area contributed by atoms with E-state index in [2.05, 4.69) is 4.74 Å². The summed E-state index contributed by atoms with van der Waals surface area (Å²) in [6.07, 6.45) is -2.88. The molecule has 2 unspecified atom stereocenters. The van der Waals surface area contributed by atoms with Crippen molar-refractivity contribution in [3.63, 3.8) is 0 Å². The summed E-state index contributed by atoms with van der Waals surface area (Å²) in [5.74, 6) is -1.54.